The number of rotatable bonds is 2. The van der Waals surface area contributed by atoms with Crippen molar-refractivity contribution >= 4 is 11.1 Å². The first-order chi connectivity index (χ1) is 23.4. The van der Waals surface area contributed by atoms with Crippen molar-refractivity contribution in [3.63, 3.8) is 0 Å². The van der Waals surface area contributed by atoms with E-state index in [2.05, 4.69) is 9.69 Å². The standard InChI is InChI=1S/C38H15F5N6/c1-18-8-21(11-24(39)9-18)19-4-6-26-28(13-19)32(30(16-44)46-2)36-34(26)48-37-33(31(17-45)47-3)29-14-20(5-7-27(29)35(37)49-36)22-10-23(38(41,42)43)15-25(40)12-22/h4-15H,1H3/b32-30+,33-31-. The fraction of sp³-hybridized carbons (Fsp3) is 0.0526. The Morgan fingerprint density at radius 3 is 1.51 bits per heavy atom. The number of aryl methyl sites for hydroxylation is 1. The molecule has 0 saturated carbocycles. The molecule has 2 aliphatic rings. The zero-order chi connectivity index (χ0) is 34.8. The number of aromatic nitrogens is 2. The number of hydrogen-bond donors (Lipinski definition) is 0. The topological polar surface area (TPSA) is 82.1 Å². The lowest BCUT2D eigenvalue weighted by atomic mass is 9.96. The maximum absolute atomic E-state index is 14.3. The smallest absolute Gasteiger partial charge is 0.245 e. The fourth-order valence-electron chi connectivity index (χ4n) is 6.27. The van der Waals surface area contributed by atoms with E-state index >= 15 is 0 Å². The Bertz CT molecular complexity index is 2520. The van der Waals surface area contributed by atoms with E-state index in [1.807, 2.05) is 12.1 Å². The molecule has 0 fully saturated rings. The Morgan fingerprint density at radius 2 is 1.08 bits per heavy atom. The quantitative estimate of drug-likeness (QED) is 0.106. The molecule has 7 rings (SSSR count). The SMILES string of the molecule is [C-]#[N+]/C(C#N)=C1/c2cc(-c3cc(F)cc(C(F)(F)F)c3)ccc2-c2nc3c(nc21)-c1ccc(-c2cc(C)cc(F)c2)cc1/C3=C(/C#N)[N+]#[C-]. The number of halogens is 5. The maximum atomic E-state index is 14.3. The third-order valence-electron chi connectivity index (χ3n) is 8.30. The summed E-state index contributed by atoms with van der Waals surface area (Å²) >= 11 is 0. The van der Waals surface area contributed by atoms with Gasteiger partial charge in [0, 0.05) is 22.3 Å². The highest BCUT2D eigenvalue weighted by atomic mass is 19.4. The van der Waals surface area contributed by atoms with Gasteiger partial charge in [0.2, 0.25) is 0 Å². The molecule has 0 unspecified atom stereocenters. The lowest BCUT2D eigenvalue weighted by molar-refractivity contribution is -0.137. The van der Waals surface area contributed by atoms with Crippen LogP contribution in [-0.4, -0.2) is 9.97 Å². The van der Waals surface area contributed by atoms with Gasteiger partial charge in [-0.2, -0.15) is 13.2 Å². The zero-order valence-corrected chi connectivity index (χ0v) is 25.0. The number of benzene rings is 4. The van der Waals surface area contributed by atoms with Crippen LogP contribution in [0.2, 0.25) is 0 Å². The van der Waals surface area contributed by atoms with Crippen LogP contribution in [0.25, 0.3) is 65.6 Å². The number of fused-ring (bicyclic) bond motifs is 6. The Kier molecular flexibility index (Phi) is 6.95. The highest BCUT2D eigenvalue weighted by Gasteiger charge is 2.37. The Labute approximate surface area is 275 Å². The third-order valence-corrected chi connectivity index (χ3v) is 8.30. The molecule has 0 bridgehead atoms. The van der Waals surface area contributed by atoms with Gasteiger partial charge >= 0.3 is 6.18 Å². The predicted octanol–water partition coefficient (Wildman–Crippen LogP) is 9.78. The molecule has 4 aromatic carbocycles. The van der Waals surface area contributed by atoms with Gasteiger partial charge in [0.15, 0.2) is 0 Å². The van der Waals surface area contributed by atoms with Crippen molar-refractivity contribution in [2.75, 3.05) is 0 Å². The Morgan fingerprint density at radius 1 is 0.612 bits per heavy atom. The van der Waals surface area contributed by atoms with Crippen LogP contribution in [-0.2, 0) is 6.18 Å². The van der Waals surface area contributed by atoms with Gasteiger partial charge in [0.25, 0.3) is 11.4 Å². The minimum absolute atomic E-state index is 0.0747. The fourth-order valence-corrected chi connectivity index (χ4v) is 6.27. The number of nitriles is 2. The molecule has 11 heteroatoms. The van der Waals surface area contributed by atoms with E-state index < -0.39 is 23.4 Å². The highest BCUT2D eigenvalue weighted by Crippen LogP contribution is 2.51. The molecule has 0 spiro atoms. The largest absolute Gasteiger partial charge is 0.416 e. The summed E-state index contributed by atoms with van der Waals surface area (Å²) in [6.45, 7) is 17.2. The molecule has 6 nitrogen and oxygen atoms in total. The molecule has 0 N–H and O–H groups in total. The second-order valence-electron chi connectivity index (χ2n) is 11.3. The Balaban J connectivity index is 1.47. The van der Waals surface area contributed by atoms with Gasteiger partial charge in [-0.15, -0.1) is 0 Å². The van der Waals surface area contributed by atoms with Crippen LogP contribution in [0.15, 0.2) is 84.2 Å². The second-order valence-corrected chi connectivity index (χ2v) is 11.3. The molecule has 0 amide bonds. The first kappa shape index (κ1) is 30.7. The predicted molar refractivity (Wildman–Crippen MR) is 170 cm³/mol. The summed E-state index contributed by atoms with van der Waals surface area (Å²) in [5.74, 6) is -1.52. The van der Waals surface area contributed by atoms with Crippen LogP contribution >= 0.6 is 0 Å². The van der Waals surface area contributed by atoms with Crippen molar-refractivity contribution in [1.29, 1.82) is 10.5 Å². The van der Waals surface area contributed by atoms with Crippen molar-refractivity contribution in [2.24, 2.45) is 0 Å². The van der Waals surface area contributed by atoms with E-state index in [1.165, 1.54) is 30.3 Å². The summed E-state index contributed by atoms with van der Waals surface area (Å²) in [5.41, 5.74) is 2.96. The lowest BCUT2D eigenvalue weighted by Gasteiger charge is -2.11. The van der Waals surface area contributed by atoms with Crippen LogP contribution in [0.4, 0.5) is 22.0 Å². The van der Waals surface area contributed by atoms with Gasteiger partial charge in [-0.05, 0) is 88.3 Å². The maximum Gasteiger partial charge on any atom is 0.416 e. The van der Waals surface area contributed by atoms with E-state index in [0.29, 0.717) is 39.4 Å². The number of alkyl halides is 3. The molecule has 5 aromatic rings. The third kappa shape index (κ3) is 4.90. The number of nitrogens with zero attached hydrogens (tertiary/aromatic N) is 6. The van der Waals surface area contributed by atoms with Crippen molar-refractivity contribution in [3.05, 3.63) is 152 Å². The van der Waals surface area contributed by atoms with E-state index in [9.17, 15) is 32.5 Å². The van der Waals surface area contributed by atoms with Crippen LogP contribution in [0.5, 0.6) is 0 Å². The Hall–Kier alpha value is -6.95. The molecule has 232 valence electrons. The van der Waals surface area contributed by atoms with Crippen molar-refractivity contribution in [2.45, 2.75) is 13.1 Å². The minimum Gasteiger partial charge on any atom is -0.245 e. The summed E-state index contributed by atoms with van der Waals surface area (Å²) < 4.78 is 69.2. The first-order valence-corrected chi connectivity index (χ1v) is 14.4. The number of hydrogen-bond acceptors (Lipinski definition) is 4. The summed E-state index contributed by atoms with van der Waals surface area (Å²) in [4.78, 5) is 16.5. The summed E-state index contributed by atoms with van der Waals surface area (Å²) in [6, 6.07) is 20.1. The van der Waals surface area contributed by atoms with E-state index in [-0.39, 0.29) is 62.0 Å². The molecule has 49 heavy (non-hydrogen) atoms. The van der Waals surface area contributed by atoms with Crippen LogP contribution < -0.4 is 0 Å². The number of allylic oxidation sites excluding steroid dienone is 2. The van der Waals surface area contributed by atoms with Crippen molar-refractivity contribution in [3.8, 4) is 56.9 Å². The van der Waals surface area contributed by atoms with Crippen molar-refractivity contribution < 1.29 is 22.0 Å². The summed E-state index contributed by atoms with van der Waals surface area (Å²) in [6.07, 6.45) is -4.80. The van der Waals surface area contributed by atoms with Crippen LogP contribution in [0.3, 0.4) is 0 Å². The van der Waals surface area contributed by atoms with Gasteiger partial charge in [0.05, 0.1) is 53.6 Å². The van der Waals surface area contributed by atoms with E-state index in [0.717, 1.165) is 12.1 Å². The minimum atomic E-state index is -4.80. The van der Waals surface area contributed by atoms with Crippen LogP contribution in [0, 0.1) is 54.4 Å². The molecule has 0 atom stereocenters. The van der Waals surface area contributed by atoms with Gasteiger partial charge in [-0.1, -0.05) is 30.3 Å². The molecular formula is C38H15F5N6. The molecule has 0 radical (unpaired) electrons. The summed E-state index contributed by atoms with van der Waals surface area (Å²) in [7, 11) is 0. The normalized spacial score (nSPS) is 14.3. The van der Waals surface area contributed by atoms with Gasteiger partial charge in [-0.3, -0.25) is 0 Å². The van der Waals surface area contributed by atoms with Gasteiger partial charge < -0.3 is 0 Å². The zero-order valence-electron chi connectivity index (χ0n) is 25.0. The average Bonchev–Trinajstić information content (AvgIpc) is 3.55. The lowest BCUT2D eigenvalue weighted by Crippen LogP contribution is -2.05. The van der Waals surface area contributed by atoms with Gasteiger partial charge in [0.1, 0.15) is 11.6 Å². The molecule has 0 aliphatic heterocycles. The molecule has 2 aliphatic carbocycles. The summed E-state index contributed by atoms with van der Waals surface area (Å²) in [5, 5.41) is 19.9. The average molecular weight is 651 g/mol. The molecular weight excluding hydrogens is 635 g/mol. The molecule has 1 aromatic heterocycles. The molecule has 0 saturated heterocycles. The highest BCUT2D eigenvalue weighted by molar-refractivity contribution is 6.07. The molecule has 1 heterocycles. The monoisotopic (exact) mass is 650 g/mol. The van der Waals surface area contributed by atoms with Crippen LogP contribution in [0.1, 0.15) is 33.6 Å². The van der Waals surface area contributed by atoms with Gasteiger partial charge in [-0.25, -0.2) is 39.0 Å². The second kappa shape index (κ2) is 11.1. The van der Waals surface area contributed by atoms with E-state index in [1.54, 1.807) is 31.2 Å². The van der Waals surface area contributed by atoms with Crippen molar-refractivity contribution in [1.82, 2.24) is 9.97 Å². The van der Waals surface area contributed by atoms with E-state index in [4.69, 9.17) is 23.1 Å². The first-order valence-electron chi connectivity index (χ1n) is 14.4.